The fourth-order valence-corrected chi connectivity index (χ4v) is 3.62. The maximum atomic E-state index is 12.4. The van der Waals surface area contributed by atoms with Crippen LogP contribution in [-0.4, -0.2) is 20.1 Å². The SMILES string of the molecule is CCCS(=O)(=O)Nc1cccc(NC(=O)c2ccccc2Cl)c1C. The third-order valence-electron chi connectivity index (χ3n) is 3.44. The molecule has 0 aromatic heterocycles. The number of carbonyl (C=O) groups excluding carboxylic acids is 1. The minimum atomic E-state index is -3.40. The van der Waals surface area contributed by atoms with E-state index in [1.165, 1.54) is 0 Å². The standard InChI is InChI=1S/C17H19ClN2O3S/c1-3-11-24(22,23)20-16-10-6-9-15(12(16)2)19-17(21)13-7-4-5-8-14(13)18/h4-10,20H,3,11H2,1-2H3,(H,19,21). The van der Waals surface area contributed by atoms with Gasteiger partial charge in [0.05, 0.1) is 22.0 Å². The van der Waals surface area contributed by atoms with Gasteiger partial charge in [0.15, 0.2) is 0 Å². The molecule has 0 spiro atoms. The fraction of sp³-hybridized carbons (Fsp3) is 0.235. The predicted molar refractivity (Wildman–Crippen MR) is 98.3 cm³/mol. The van der Waals surface area contributed by atoms with Gasteiger partial charge in [-0.2, -0.15) is 0 Å². The molecule has 0 aliphatic rings. The molecule has 2 N–H and O–H groups in total. The summed E-state index contributed by atoms with van der Waals surface area (Å²) in [6, 6.07) is 11.8. The Morgan fingerprint density at radius 3 is 2.42 bits per heavy atom. The van der Waals surface area contributed by atoms with Gasteiger partial charge in [-0.3, -0.25) is 9.52 Å². The summed E-state index contributed by atoms with van der Waals surface area (Å²) >= 11 is 6.03. The first kappa shape index (κ1) is 18.3. The summed E-state index contributed by atoms with van der Waals surface area (Å²) in [5.41, 5.74) is 1.96. The van der Waals surface area contributed by atoms with Crippen molar-refractivity contribution in [1.82, 2.24) is 0 Å². The number of halogens is 1. The van der Waals surface area contributed by atoms with Crippen molar-refractivity contribution in [3.8, 4) is 0 Å². The number of carbonyl (C=O) groups is 1. The summed E-state index contributed by atoms with van der Waals surface area (Å²) < 4.78 is 26.4. The Kier molecular flexibility index (Phi) is 5.85. The number of hydrogen-bond donors (Lipinski definition) is 2. The molecule has 0 bridgehead atoms. The zero-order valence-corrected chi connectivity index (χ0v) is 15.0. The molecule has 128 valence electrons. The van der Waals surface area contributed by atoms with Crippen LogP contribution in [0.15, 0.2) is 42.5 Å². The highest BCUT2D eigenvalue weighted by Crippen LogP contribution is 2.25. The lowest BCUT2D eigenvalue weighted by molar-refractivity contribution is 0.102. The highest BCUT2D eigenvalue weighted by atomic mass is 35.5. The number of hydrogen-bond acceptors (Lipinski definition) is 3. The van der Waals surface area contributed by atoms with Gasteiger partial charge in [0.2, 0.25) is 10.0 Å². The maximum absolute atomic E-state index is 12.4. The molecule has 0 heterocycles. The van der Waals surface area contributed by atoms with Crippen LogP contribution in [-0.2, 0) is 10.0 Å². The Hall–Kier alpha value is -2.05. The normalized spacial score (nSPS) is 11.1. The zero-order chi connectivity index (χ0) is 17.7. The van der Waals surface area contributed by atoms with Crippen LogP contribution in [0.2, 0.25) is 5.02 Å². The summed E-state index contributed by atoms with van der Waals surface area (Å²) in [7, 11) is -3.40. The molecule has 7 heteroatoms. The Morgan fingerprint density at radius 1 is 1.08 bits per heavy atom. The second kappa shape index (κ2) is 7.68. The van der Waals surface area contributed by atoms with E-state index in [1.54, 1.807) is 56.3 Å². The third-order valence-corrected chi connectivity index (χ3v) is 5.25. The maximum Gasteiger partial charge on any atom is 0.257 e. The van der Waals surface area contributed by atoms with E-state index in [-0.39, 0.29) is 11.7 Å². The van der Waals surface area contributed by atoms with E-state index >= 15 is 0 Å². The van der Waals surface area contributed by atoms with Crippen LogP contribution in [0.4, 0.5) is 11.4 Å². The Morgan fingerprint density at radius 2 is 1.75 bits per heavy atom. The largest absolute Gasteiger partial charge is 0.322 e. The molecule has 0 aliphatic heterocycles. The molecule has 2 aromatic rings. The summed E-state index contributed by atoms with van der Waals surface area (Å²) in [6.07, 6.45) is 0.525. The monoisotopic (exact) mass is 366 g/mol. The van der Waals surface area contributed by atoms with Gasteiger partial charge < -0.3 is 5.32 Å². The molecule has 0 fully saturated rings. The van der Waals surface area contributed by atoms with Crippen LogP contribution in [0.1, 0.15) is 29.3 Å². The minimum Gasteiger partial charge on any atom is -0.322 e. The van der Waals surface area contributed by atoms with E-state index in [1.807, 2.05) is 0 Å². The molecule has 1 amide bonds. The third kappa shape index (κ3) is 4.49. The van der Waals surface area contributed by atoms with Crippen molar-refractivity contribution in [2.24, 2.45) is 0 Å². The first-order chi connectivity index (χ1) is 11.3. The van der Waals surface area contributed by atoms with Crippen LogP contribution in [0.3, 0.4) is 0 Å². The number of rotatable bonds is 6. The lowest BCUT2D eigenvalue weighted by Gasteiger charge is -2.14. The summed E-state index contributed by atoms with van der Waals surface area (Å²) in [5.74, 6) is -0.305. The van der Waals surface area contributed by atoms with E-state index in [0.717, 1.165) is 0 Å². The Balaban J connectivity index is 2.25. The molecule has 24 heavy (non-hydrogen) atoms. The van der Waals surface area contributed by atoms with Gasteiger partial charge in [-0.1, -0.05) is 36.7 Å². The molecule has 5 nitrogen and oxygen atoms in total. The molecular weight excluding hydrogens is 348 g/mol. The molecule has 2 aromatic carbocycles. The van der Waals surface area contributed by atoms with Gasteiger partial charge >= 0.3 is 0 Å². The van der Waals surface area contributed by atoms with E-state index in [2.05, 4.69) is 10.0 Å². The molecule has 0 saturated heterocycles. The van der Waals surface area contributed by atoms with Crippen molar-refractivity contribution in [3.05, 3.63) is 58.6 Å². The van der Waals surface area contributed by atoms with Gasteiger partial charge in [0.1, 0.15) is 0 Å². The van der Waals surface area contributed by atoms with E-state index in [9.17, 15) is 13.2 Å². The van der Waals surface area contributed by atoms with Crippen LogP contribution in [0, 0.1) is 6.92 Å². The lowest BCUT2D eigenvalue weighted by Crippen LogP contribution is -2.18. The van der Waals surface area contributed by atoms with Crippen LogP contribution in [0.25, 0.3) is 0 Å². The van der Waals surface area contributed by atoms with Crippen LogP contribution >= 0.6 is 11.6 Å². The van der Waals surface area contributed by atoms with Gasteiger partial charge in [0.25, 0.3) is 5.91 Å². The number of anilines is 2. The second-order valence-electron chi connectivity index (χ2n) is 5.33. The molecule has 0 saturated carbocycles. The predicted octanol–water partition coefficient (Wildman–Crippen LogP) is 4.05. The van der Waals surface area contributed by atoms with Crippen molar-refractivity contribution < 1.29 is 13.2 Å². The average molecular weight is 367 g/mol. The van der Waals surface area contributed by atoms with Crippen LogP contribution in [0.5, 0.6) is 0 Å². The second-order valence-corrected chi connectivity index (χ2v) is 7.58. The van der Waals surface area contributed by atoms with Crippen molar-refractivity contribution in [3.63, 3.8) is 0 Å². The van der Waals surface area contributed by atoms with Crippen molar-refractivity contribution >= 4 is 38.9 Å². The molecule has 0 radical (unpaired) electrons. The Labute approximate surface area is 147 Å². The van der Waals surface area contributed by atoms with E-state index in [4.69, 9.17) is 11.6 Å². The van der Waals surface area contributed by atoms with Gasteiger partial charge in [-0.15, -0.1) is 0 Å². The van der Waals surface area contributed by atoms with Crippen molar-refractivity contribution in [2.45, 2.75) is 20.3 Å². The molecule has 0 aliphatic carbocycles. The minimum absolute atomic E-state index is 0.0443. The summed E-state index contributed by atoms with van der Waals surface area (Å²) in [5, 5.41) is 3.12. The Bertz CT molecular complexity index is 851. The molecule has 0 atom stereocenters. The highest BCUT2D eigenvalue weighted by Gasteiger charge is 2.15. The topological polar surface area (TPSA) is 75.3 Å². The molecule has 2 rings (SSSR count). The number of amides is 1. The van der Waals surface area contributed by atoms with Gasteiger partial charge in [0, 0.05) is 5.69 Å². The van der Waals surface area contributed by atoms with Crippen molar-refractivity contribution in [2.75, 3.05) is 15.8 Å². The molecular formula is C17H19ClN2O3S. The van der Waals surface area contributed by atoms with Crippen LogP contribution < -0.4 is 10.0 Å². The zero-order valence-electron chi connectivity index (χ0n) is 13.5. The van der Waals surface area contributed by atoms with E-state index < -0.39 is 10.0 Å². The average Bonchev–Trinajstić information content (AvgIpc) is 2.51. The van der Waals surface area contributed by atoms with Gasteiger partial charge in [-0.05, 0) is 43.2 Å². The van der Waals surface area contributed by atoms with Gasteiger partial charge in [-0.25, -0.2) is 8.42 Å². The first-order valence-corrected chi connectivity index (χ1v) is 9.53. The number of benzene rings is 2. The summed E-state index contributed by atoms with van der Waals surface area (Å²) in [6.45, 7) is 3.54. The molecule has 0 unspecified atom stereocenters. The van der Waals surface area contributed by atoms with E-state index in [0.29, 0.717) is 33.9 Å². The first-order valence-electron chi connectivity index (χ1n) is 7.50. The summed E-state index contributed by atoms with van der Waals surface area (Å²) in [4.78, 5) is 12.4. The quantitative estimate of drug-likeness (QED) is 0.809. The highest BCUT2D eigenvalue weighted by molar-refractivity contribution is 7.92. The van der Waals surface area contributed by atoms with Crippen molar-refractivity contribution in [1.29, 1.82) is 0 Å². The smallest absolute Gasteiger partial charge is 0.257 e. The fourth-order valence-electron chi connectivity index (χ4n) is 2.20. The number of sulfonamides is 1. The lowest BCUT2D eigenvalue weighted by atomic mass is 10.1. The number of nitrogens with one attached hydrogen (secondary N) is 2.